The van der Waals surface area contributed by atoms with Crippen LogP contribution in [0.2, 0.25) is 0 Å². The first-order valence-electron chi connectivity index (χ1n) is 8.71. The molecule has 2 N–H and O–H groups in total. The number of hydrogen-bond donors (Lipinski definition) is 2. The Kier molecular flexibility index (Phi) is 6.56. The summed E-state index contributed by atoms with van der Waals surface area (Å²) in [5.74, 6) is -0.815. The van der Waals surface area contributed by atoms with Gasteiger partial charge in [0.05, 0.1) is 5.56 Å². The Bertz CT molecular complexity index is 657. The highest BCUT2D eigenvalue weighted by Gasteiger charge is 2.23. The summed E-state index contributed by atoms with van der Waals surface area (Å²) < 4.78 is 4.99. The van der Waals surface area contributed by atoms with Gasteiger partial charge in [0.1, 0.15) is 0 Å². The van der Waals surface area contributed by atoms with Crippen molar-refractivity contribution in [3.05, 3.63) is 34.9 Å². The number of nitrogens with one attached hydrogen (secondary N) is 2. The van der Waals surface area contributed by atoms with Crippen LogP contribution in [0.4, 0.5) is 4.79 Å². The molecule has 0 bridgehead atoms. The Morgan fingerprint density at radius 3 is 2.56 bits per heavy atom. The third kappa shape index (κ3) is 5.59. The van der Waals surface area contributed by atoms with Crippen molar-refractivity contribution in [3.8, 4) is 0 Å². The van der Waals surface area contributed by atoms with E-state index < -0.39 is 24.5 Å². The van der Waals surface area contributed by atoms with Crippen LogP contribution in [0.1, 0.15) is 54.1 Å². The molecule has 1 aromatic carbocycles. The number of aryl methyl sites for hydroxylation is 2. The number of carbonyl (C=O) groups excluding carboxylic acids is 3. The minimum absolute atomic E-state index is 0.0827. The van der Waals surface area contributed by atoms with Crippen LogP contribution in [0.25, 0.3) is 0 Å². The van der Waals surface area contributed by atoms with E-state index in [2.05, 4.69) is 17.6 Å². The van der Waals surface area contributed by atoms with Gasteiger partial charge in [0.25, 0.3) is 5.91 Å². The Morgan fingerprint density at radius 2 is 1.88 bits per heavy atom. The molecule has 0 radical (unpaired) electrons. The van der Waals surface area contributed by atoms with E-state index in [0.717, 1.165) is 30.4 Å². The van der Waals surface area contributed by atoms with E-state index in [9.17, 15) is 14.4 Å². The predicted octanol–water partition coefficient (Wildman–Crippen LogP) is 2.86. The van der Waals surface area contributed by atoms with Crippen molar-refractivity contribution in [1.29, 1.82) is 0 Å². The first kappa shape index (κ1) is 19.0. The minimum Gasteiger partial charge on any atom is -0.452 e. The molecule has 1 aromatic rings. The summed E-state index contributed by atoms with van der Waals surface area (Å²) >= 11 is 0. The number of hydrogen-bond acceptors (Lipinski definition) is 4. The van der Waals surface area contributed by atoms with Gasteiger partial charge in [0.15, 0.2) is 6.61 Å². The normalized spacial score (nSPS) is 19.8. The first-order valence-corrected chi connectivity index (χ1v) is 8.71. The van der Waals surface area contributed by atoms with Gasteiger partial charge in [-0.15, -0.1) is 0 Å². The highest BCUT2D eigenvalue weighted by Crippen LogP contribution is 2.23. The van der Waals surface area contributed by atoms with E-state index >= 15 is 0 Å². The van der Waals surface area contributed by atoms with Gasteiger partial charge in [-0.1, -0.05) is 37.5 Å². The number of rotatable bonds is 4. The van der Waals surface area contributed by atoms with E-state index in [-0.39, 0.29) is 6.04 Å². The van der Waals surface area contributed by atoms with Crippen molar-refractivity contribution in [2.24, 2.45) is 5.92 Å². The molecule has 0 aromatic heterocycles. The van der Waals surface area contributed by atoms with Gasteiger partial charge in [-0.3, -0.25) is 10.1 Å². The molecule has 6 nitrogen and oxygen atoms in total. The Labute approximate surface area is 148 Å². The van der Waals surface area contributed by atoms with Crippen LogP contribution in [0.3, 0.4) is 0 Å². The van der Waals surface area contributed by atoms with E-state index in [1.165, 1.54) is 6.42 Å². The SMILES string of the molecule is Cc1ccc(C(=O)OCC(=O)NC(=O)N[C@H]2CCCC[C@@H]2C)c(C)c1. The van der Waals surface area contributed by atoms with Crippen molar-refractivity contribution in [2.75, 3.05) is 6.61 Å². The number of benzene rings is 1. The van der Waals surface area contributed by atoms with Crippen LogP contribution in [-0.4, -0.2) is 30.6 Å². The zero-order chi connectivity index (χ0) is 18.4. The number of urea groups is 1. The van der Waals surface area contributed by atoms with Gasteiger partial charge in [-0.25, -0.2) is 9.59 Å². The lowest BCUT2D eigenvalue weighted by Crippen LogP contribution is -2.48. The summed E-state index contributed by atoms with van der Waals surface area (Å²) in [6.45, 7) is 5.35. The molecule has 1 fully saturated rings. The fraction of sp³-hybridized carbons (Fsp3) is 0.526. The maximum atomic E-state index is 12.0. The highest BCUT2D eigenvalue weighted by atomic mass is 16.5. The number of esters is 1. The molecule has 136 valence electrons. The number of ether oxygens (including phenoxy) is 1. The second kappa shape index (κ2) is 8.65. The summed E-state index contributed by atoms with van der Waals surface area (Å²) in [7, 11) is 0. The molecule has 1 aliphatic carbocycles. The molecule has 6 heteroatoms. The highest BCUT2D eigenvalue weighted by molar-refractivity contribution is 5.97. The fourth-order valence-corrected chi connectivity index (χ4v) is 3.15. The Morgan fingerprint density at radius 1 is 1.16 bits per heavy atom. The zero-order valence-electron chi connectivity index (χ0n) is 15.1. The van der Waals surface area contributed by atoms with E-state index in [1.807, 2.05) is 26.0 Å². The van der Waals surface area contributed by atoms with Gasteiger partial charge >= 0.3 is 12.0 Å². The fourth-order valence-electron chi connectivity index (χ4n) is 3.15. The molecule has 1 saturated carbocycles. The van der Waals surface area contributed by atoms with Crippen LogP contribution < -0.4 is 10.6 Å². The summed E-state index contributed by atoms with van der Waals surface area (Å²) in [6.07, 6.45) is 4.25. The van der Waals surface area contributed by atoms with Gasteiger partial charge in [-0.2, -0.15) is 0 Å². The van der Waals surface area contributed by atoms with Crippen LogP contribution in [0.5, 0.6) is 0 Å². The van der Waals surface area contributed by atoms with Crippen molar-refractivity contribution >= 4 is 17.9 Å². The Hall–Kier alpha value is -2.37. The van der Waals surface area contributed by atoms with Crippen molar-refractivity contribution in [1.82, 2.24) is 10.6 Å². The standard InChI is InChI=1S/C19H26N2O4/c1-12-8-9-15(14(3)10-12)18(23)25-11-17(22)21-19(24)20-16-7-5-4-6-13(16)2/h8-10,13,16H,4-7,11H2,1-3H3,(H2,20,21,22,24)/t13-,16-/m0/s1. The predicted molar refractivity (Wildman–Crippen MR) is 94.3 cm³/mol. The monoisotopic (exact) mass is 346 g/mol. The third-order valence-electron chi connectivity index (χ3n) is 4.62. The second-order valence-electron chi connectivity index (χ2n) is 6.78. The van der Waals surface area contributed by atoms with E-state index in [4.69, 9.17) is 4.74 Å². The number of carbonyl (C=O) groups is 3. The topological polar surface area (TPSA) is 84.5 Å². The maximum Gasteiger partial charge on any atom is 0.338 e. The Balaban J connectivity index is 1.77. The quantitative estimate of drug-likeness (QED) is 0.821. The summed E-state index contributed by atoms with van der Waals surface area (Å²) in [5, 5.41) is 5.03. The summed E-state index contributed by atoms with van der Waals surface area (Å²) in [5.41, 5.74) is 2.24. The van der Waals surface area contributed by atoms with Gasteiger partial charge in [-0.05, 0) is 44.2 Å². The lowest BCUT2D eigenvalue weighted by atomic mass is 9.86. The number of amides is 3. The largest absolute Gasteiger partial charge is 0.452 e. The first-order chi connectivity index (χ1) is 11.9. The number of imide groups is 1. The van der Waals surface area contributed by atoms with Crippen molar-refractivity contribution < 1.29 is 19.1 Å². The molecule has 0 heterocycles. The third-order valence-corrected chi connectivity index (χ3v) is 4.62. The molecule has 2 atom stereocenters. The van der Waals surface area contributed by atoms with Crippen LogP contribution in [0, 0.1) is 19.8 Å². The van der Waals surface area contributed by atoms with E-state index in [1.54, 1.807) is 6.07 Å². The van der Waals surface area contributed by atoms with Crippen LogP contribution >= 0.6 is 0 Å². The molecule has 0 saturated heterocycles. The molecular formula is C19H26N2O4. The molecule has 3 amide bonds. The molecule has 2 rings (SSSR count). The van der Waals surface area contributed by atoms with Gasteiger partial charge in [0.2, 0.25) is 0 Å². The minimum atomic E-state index is -0.640. The zero-order valence-corrected chi connectivity index (χ0v) is 15.1. The molecule has 0 aliphatic heterocycles. The average molecular weight is 346 g/mol. The van der Waals surface area contributed by atoms with Crippen molar-refractivity contribution in [2.45, 2.75) is 52.5 Å². The lowest BCUT2D eigenvalue weighted by Gasteiger charge is -2.29. The average Bonchev–Trinajstić information content (AvgIpc) is 2.54. The maximum absolute atomic E-state index is 12.0. The second-order valence-corrected chi connectivity index (χ2v) is 6.78. The van der Waals surface area contributed by atoms with Crippen LogP contribution in [-0.2, 0) is 9.53 Å². The smallest absolute Gasteiger partial charge is 0.338 e. The van der Waals surface area contributed by atoms with Gasteiger partial charge < -0.3 is 10.1 Å². The summed E-state index contributed by atoms with van der Waals surface area (Å²) in [6, 6.07) is 4.89. The van der Waals surface area contributed by atoms with E-state index in [0.29, 0.717) is 11.5 Å². The molecule has 0 unspecified atom stereocenters. The summed E-state index contributed by atoms with van der Waals surface area (Å²) in [4.78, 5) is 35.7. The molecule has 1 aliphatic rings. The molecule has 0 spiro atoms. The lowest BCUT2D eigenvalue weighted by molar-refractivity contribution is -0.123. The van der Waals surface area contributed by atoms with Crippen molar-refractivity contribution in [3.63, 3.8) is 0 Å². The molecule has 25 heavy (non-hydrogen) atoms. The van der Waals surface area contributed by atoms with Gasteiger partial charge in [0, 0.05) is 6.04 Å². The molecular weight excluding hydrogens is 320 g/mol. The van der Waals surface area contributed by atoms with Crippen LogP contribution in [0.15, 0.2) is 18.2 Å².